The zero-order valence-electron chi connectivity index (χ0n) is 17.7. The van der Waals surface area contributed by atoms with Crippen LogP contribution < -0.4 is 5.32 Å². The average molecular weight is 434 g/mol. The minimum Gasteiger partial charge on any atom is -0.367 e. The number of aromatic nitrogens is 3. The second-order valence-corrected chi connectivity index (χ2v) is 7.52. The highest BCUT2D eigenvalue weighted by Crippen LogP contribution is 2.18. The molecule has 0 atom stereocenters. The predicted molar refractivity (Wildman–Crippen MR) is 110 cm³/mol. The molecule has 0 fully saturated rings. The topological polar surface area (TPSA) is 68.5 Å². The van der Waals surface area contributed by atoms with Gasteiger partial charge in [0.2, 0.25) is 5.91 Å². The molecule has 1 amide bonds. The maximum atomic E-state index is 12.3. The molecule has 6 nitrogen and oxygen atoms in total. The Morgan fingerprint density at radius 3 is 2.48 bits per heavy atom. The van der Waals surface area contributed by atoms with E-state index in [0.717, 1.165) is 33.9 Å². The van der Waals surface area contributed by atoms with E-state index in [9.17, 15) is 18.0 Å². The van der Waals surface area contributed by atoms with Crippen LogP contribution in [0.25, 0.3) is 5.65 Å². The normalized spacial score (nSPS) is 11.8. The second kappa shape index (κ2) is 9.47. The van der Waals surface area contributed by atoms with Crippen LogP contribution in [0.2, 0.25) is 0 Å². The summed E-state index contributed by atoms with van der Waals surface area (Å²) in [5, 5.41) is 7.31. The molecule has 0 unspecified atom stereocenters. The van der Waals surface area contributed by atoms with Gasteiger partial charge in [0.25, 0.3) is 0 Å². The number of nitrogens with zero attached hydrogens (tertiary/aromatic N) is 3. The van der Waals surface area contributed by atoms with Crippen LogP contribution in [0.4, 0.5) is 13.2 Å². The first-order chi connectivity index (χ1) is 14.6. The van der Waals surface area contributed by atoms with Crippen LogP contribution in [-0.4, -0.2) is 33.3 Å². The molecule has 9 heteroatoms. The van der Waals surface area contributed by atoms with Crippen LogP contribution in [-0.2, 0) is 29.1 Å². The van der Waals surface area contributed by atoms with Crippen molar-refractivity contribution in [1.29, 1.82) is 0 Å². The second-order valence-electron chi connectivity index (χ2n) is 7.52. The summed E-state index contributed by atoms with van der Waals surface area (Å²) in [6, 6.07) is 8.83. The molecule has 2 heterocycles. The summed E-state index contributed by atoms with van der Waals surface area (Å²) in [5.74, 6) is -0.0897. The lowest BCUT2D eigenvalue weighted by atomic mass is 10.1. The molecular weight excluding hydrogens is 409 g/mol. The number of carbonyl (C=O) groups excluding carboxylic acids is 1. The lowest BCUT2D eigenvalue weighted by Gasteiger charge is -2.11. The van der Waals surface area contributed by atoms with Crippen molar-refractivity contribution in [2.24, 2.45) is 0 Å². The summed E-state index contributed by atoms with van der Waals surface area (Å²) in [6.45, 7) is 4.78. The number of halogens is 3. The van der Waals surface area contributed by atoms with E-state index in [1.807, 2.05) is 26.8 Å². The third-order valence-electron chi connectivity index (χ3n) is 4.94. The summed E-state index contributed by atoms with van der Waals surface area (Å²) < 4.78 is 42.8. The Morgan fingerprint density at radius 2 is 1.81 bits per heavy atom. The van der Waals surface area contributed by atoms with Crippen molar-refractivity contribution in [3.63, 3.8) is 0 Å². The molecule has 2 aromatic heterocycles. The molecule has 0 bridgehead atoms. The molecular formula is C22H25F3N4O2. The van der Waals surface area contributed by atoms with Gasteiger partial charge < -0.3 is 10.1 Å². The van der Waals surface area contributed by atoms with Gasteiger partial charge in [-0.05, 0) is 43.9 Å². The lowest BCUT2D eigenvalue weighted by molar-refractivity contribution is -0.176. The van der Waals surface area contributed by atoms with Gasteiger partial charge in [0.15, 0.2) is 5.65 Å². The van der Waals surface area contributed by atoms with E-state index in [1.165, 1.54) is 0 Å². The predicted octanol–water partition coefficient (Wildman–Crippen LogP) is 3.98. The molecule has 3 rings (SSSR count). The third kappa shape index (κ3) is 6.27. The number of rotatable bonds is 8. The number of aryl methyl sites for hydroxylation is 3. The number of amides is 1. The number of benzene rings is 1. The van der Waals surface area contributed by atoms with Crippen LogP contribution in [0.1, 0.15) is 40.2 Å². The van der Waals surface area contributed by atoms with Gasteiger partial charge in [0.05, 0.1) is 12.3 Å². The highest BCUT2D eigenvalue weighted by Gasteiger charge is 2.27. The van der Waals surface area contributed by atoms with Crippen LogP contribution in [0.5, 0.6) is 0 Å². The van der Waals surface area contributed by atoms with Gasteiger partial charge in [0.1, 0.15) is 6.61 Å². The zero-order chi connectivity index (χ0) is 22.6. The van der Waals surface area contributed by atoms with Crippen LogP contribution in [0, 0.1) is 20.8 Å². The van der Waals surface area contributed by atoms with E-state index in [1.54, 1.807) is 28.8 Å². The zero-order valence-corrected chi connectivity index (χ0v) is 17.7. The first-order valence-electron chi connectivity index (χ1n) is 9.94. The molecule has 0 saturated heterocycles. The van der Waals surface area contributed by atoms with E-state index in [-0.39, 0.29) is 12.5 Å². The number of carbonyl (C=O) groups is 1. The quantitative estimate of drug-likeness (QED) is 0.582. The minimum absolute atomic E-state index is 0.0897. The largest absolute Gasteiger partial charge is 0.411 e. The van der Waals surface area contributed by atoms with Crippen molar-refractivity contribution in [2.75, 3.05) is 6.61 Å². The summed E-state index contributed by atoms with van der Waals surface area (Å²) in [4.78, 5) is 16.9. The third-order valence-corrected chi connectivity index (χ3v) is 4.94. The van der Waals surface area contributed by atoms with E-state index in [4.69, 9.17) is 0 Å². The molecule has 0 aliphatic rings. The van der Waals surface area contributed by atoms with Gasteiger partial charge in [0, 0.05) is 30.4 Å². The monoisotopic (exact) mass is 434 g/mol. The van der Waals surface area contributed by atoms with Crippen LogP contribution in [0.3, 0.4) is 0 Å². The van der Waals surface area contributed by atoms with Gasteiger partial charge in [-0.25, -0.2) is 9.50 Å². The van der Waals surface area contributed by atoms with Crippen LogP contribution in [0.15, 0.2) is 30.3 Å². The molecule has 3 aromatic rings. The van der Waals surface area contributed by atoms with Crippen molar-refractivity contribution >= 4 is 11.6 Å². The van der Waals surface area contributed by atoms with Crippen molar-refractivity contribution < 1.29 is 22.7 Å². The molecule has 0 spiro atoms. The van der Waals surface area contributed by atoms with Crippen molar-refractivity contribution in [3.05, 3.63) is 64.1 Å². The number of hydrogen-bond acceptors (Lipinski definition) is 4. The van der Waals surface area contributed by atoms with Gasteiger partial charge in [-0.2, -0.15) is 18.3 Å². The van der Waals surface area contributed by atoms with Crippen molar-refractivity contribution in [2.45, 2.75) is 52.9 Å². The number of ether oxygens (including phenoxy) is 1. The summed E-state index contributed by atoms with van der Waals surface area (Å²) in [5.41, 5.74) is 6.06. The lowest BCUT2D eigenvalue weighted by Crippen LogP contribution is -2.23. The molecule has 0 radical (unpaired) electrons. The number of fused-ring (bicyclic) bond motifs is 1. The Labute approximate surface area is 178 Å². The fourth-order valence-corrected chi connectivity index (χ4v) is 3.37. The Balaban J connectivity index is 1.49. The van der Waals surface area contributed by atoms with Gasteiger partial charge in [-0.15, -0.1) is 0 Å². The smallest absolute Gasteiger partial charge is 0.367 e. The standard InChI is InChI=1S/C22H25F3N4O2/c1-14-10-20-27-15(2)19(16(3)29(20)28-14)8-9-21(30)26-11-17-4-6-18(7-5-17)12-31-13-22(23,24)25/h4-7,10H,8-9,11-13H2,1-3H3,(H,26,30). The Morgan fingerprint density at radius 1 is 1.13 bits per heavy atom. The van der Waals surface area contributed by atoms with E-state index >= 15 is 0 Å². The molecule has 0 aliphatic carbocycles. The molecule has 31 heavy (non-hydrogen) atoms. The van der Waals surface area contributed by atoms with Crippen molar-refractivity contribution in [1.82, 2.24) is 19.9 Å². The highest BCUT2D eigenvalue weighted by atomic mass is 19.4. The highest BCUT2D eigenvalue weighted by molar-refractivity contribution is 5.76. The van der Waals surface area contributed by atoms with E-state index in [0.29, 0.717) is 24.9 Å². The first-order valence-corrected chi connectivity index (χ1v) is 9.94. The number of nitrogens with one attached hydrogen (secondary N) is 1. The Hall–Kier alpha value is -2.94. The molecule has 1 aromatic carbocycles. The summed E-state index contributed by atoms with van der Waals surface area (Å²) in [7, 11) is 0. The number of alkyl halides is 3. The van der Waals surface area contributed by atoms with Crippen LogP contribution >= 0.6 is 0 Å². The number of hydrogen-bond donors (Lipinski definition) is 1. The summed E-state index contributed by atoms with van der Waals surface area (Å²) in [6.07, 6.45) is -3.46. The Kier molecular flexibility index (Phi) is 6.94. The molecule has 1 N–H and O–H groups in total. The van der Waals surface area contributed by atoms with Gasteiger partial charge in [-0.1, -0.05) is 24.3 Å². The minimum atomic E-state index is -4.33. The fraction of sp³-hybridized carbons (Fsp3) is 0.409. The van der Waals surface area contributed by atoms with E-state index in [2.05, 4.69) is 20.1 Å². The molecule has 166 valence electrons. The van der Waals surface area contributed by atoms with E-state index < -0.39 is 12.8 Å². The molecule has 0 aliphatic heterocycles. The summed E-state index contributed by atoms with van der Waals surface area (Å²) >= 11 is 0. The fourth-order valence-electron chi connectivity index (χ4n) is 3.37. The maximum Gasteiger partial charge on any atom is 0.411 e. The SMILES string of the molecule is Cc1cc2nc(C)c(CCC(=O)NCc3ccc(COCC(F)(F)F)cc3)c(C)n2n1. The first kappa shape index (κ1) is 22.7. The maximum absolute atomic E-state index is 12.3. The average Bonchev–Trinajstić information content (AvgIpc) is 3.06. The molecule has 0 saturated carbocycles. The Bertz CT molecular complexity index is 1060. The van der Waals surface area contributed by atoms with Gasteiger partial charge in [-0.3, -0.25) is 4.79 Å². The van der Waals surface area contributed by atoms with Gasteiger partial charge >= 0.3 is 6.18 Å². The van der Waals surface area contributed by atoms with Crippen molar-refractivity contribution in [3.8, 4) is 0 Å².